The van der Waals surface area contributed by atoms with Gasteiger partial charge in [-0.2, -0.15) is 5.10 Å². The van der Waals surface area contributed by atoms with E-state index in [4.69, 9.17) is 9.84 Å². The molecule has 0 spiro atoms. The number of hydrogen-bond donors (Lipinski definition) is 3. The molecule has 1 aromatic carbocycles. The fourth-order valence-corrected chi connectivity index (χ4v) is 3.06. The maximum Gasteiger partial charge on any atom is 0.305 e. The number of amidine groups is 1. The topological polar surface area (TPSA) is 129 Å². The van der Waals surface area contributed by atoms with Crippen LogP contribution in [0.15, 0.2) is 34.5 Å². The Morgan fingerprint density at radius 2 is 2.00 bits per heavy atom. The zero-order valence-corrected chi connectivity index (χ0v) is 16.6. The number of carboxylic acid groups (broad SMARTS) is 1. The van der Waals surface area contributed by atoms with Gasteiger partial charge in [-0.05, 0) is 50.6 Å². The average Bonchev–Trinajstić information content (AvgIpc) is 2.91. The molecule has 1 aromatic rings. The van der Waals surface area contributed by atoms with Crippen molar-refractivity contribution in [1.29, 1.82) is 0 Å². The van der Waals surface area contributed by atoms with Gasteiger partial charge in [-0.25, -0.2) is 0 Å². The van der Waals surface area contributed by atoms with Gasteiger partial charge >= 0.3 is 5.97 Å². The minimum atomic E-state index is -1.05. The number of thioether (sulfide) groups is 1. The second-order valence-corrected chi connectivity index (χ2v) is 8.19. The SMILES string of the molecule is CC(C)(C)NC(=O)COc1ccc(C=NN=C2NC(=O)C(CC(=O)O)S2)cc1. The molecule has 2 amide bonds. The van der Waals surface area contributed by atoms with E-state index in [-0.39, 0.29) is 29.6 Å². The summed E-state index contributed by atoms with van der Waals surface area (Å²) in [6.07, 6.45) is 1.22. The van der Waals surface area contributed by atoms with Crippen LogP contribution >= 0.6 is 11.8 Å². The Kier molecular flexibility index (Phi) is 7.16. The summed E-state index contributed by atoms with van der Waals surface area (Å²) in [5.74, 6) is -1.09. The average molecular weight is 406 g/mol. The third kappa shape index (κ3) is 7.39. The van der Waals surface area contributed by atoms with Gasteiger partial charge < -0.3 is 20.5 Å². The second-order valence-electron chi connectivity index (χ2n) is 7.00. The lowest BCUT2D eigenvalue weighted by molar-refractivity contribution is -0.138. The second kappa shape index (κ2) is 9.36. The summed E-state index contributed by atoms with van der Waals surface area (Å²) in [6.45, 7) is 5.60. The standard InChI is InChI=1S/C18H22N4O5S/c1-18(2,3)21-14(23)10-27-12-6-4-11(5-7-12)9-19-22-17-20-16(26)13(28-17)8-15(24)25/h4-7,9,13H,8,10H2,1-3H3,(H,21,23)(H,24,25)(H,20,22,26). The molecule has 1 fully saturated rings. The van der Waals surface area contributed by atoms with E-state index in [0.29, 0.717) is 5.75 Å². The van der Waals surface area contributed by atoms with Crippen molar-refractivity contribution in [3.63, 3.8) is 0 Å². The zero-order valence-electron chi connectivity index (χ0n) is 15.8. The van der Waals surface area contributed by atoms with Gasteiger partial charge in [0.05, 0.1) is 12.6 Å². The zero-order chi connectivity index (χ0) is 20.7. The van der Waals surface area contributed by atoms with Crippen LogP contribution in [0, 0.1) is 0 Å². The molecule has 2 rings (SSSR count). The summed E-state index contributed by atoms with van der Waals surface area (Å²) in [6, 6.07) is 6.89. The van der Waals surface area contributed by atoms with Crippen molar-refractivity contribution < 1.29 is 24.2 Å². The summed E-state index contributed by atoms with van der Waals surface area (Å²) >= 11 is 1.03. The highest BCUT2D eigenvalue weighted by atomic mass is 32.2. The molecule has 3 N–H and O–H groups in total. The van der Waals surface area contributed by atoms with Crippen LogP contribution < -0.4 is 15.4 Å². The molecule has 9 nitrogen and oxygen atoms in total. The van der Waals surface area contributed by atoms with Crippen molar-refractivity contribution in [2.24, 2.45) is 10.2 Å². The number of hydrogen-bond acceptors (Lipinski definition) is 7. The molecule has 0 radical (unpaired) electrons. The highest BCUT2D eigenvalue weighted by Crippen LogP contribution is 2.22. The Morgan fingerprint density at radius 1 is 1.32 bits per heavy atom. The predicted molar refractivity (Wildman–Crippen MR) is 107 cm³/mol. The number of nitrogens with one attached hydrogen (secondary N) is 2. The maximum atomic E-state index is 11.7. The Balaban J connectivity index is 1.84. The molecule has 1 aliphatic heterocycles. The van der Waals surface area contributed by atoms with Crippen LogP contribution in [-0.2, 0) is 14.4 Å². The molecule has 1 atom stereocenters. The van der Waals surface area contributed by atoms with Crippen molar-refractivity contribution in [1.82, 2.24) is 10.6 Å². The molecule has 0 saturated carbocycles. The summed E-state index contributed by atoms with van der Waals surface area (Å²) in [7, 11) is 0. The first-order chi connectivity index (χ1) is 13.1. The van der Waals surface area contributed by atoms with E-state index < -0.39 is 17.1 Å². The van der Waals surface area contributed by atoms with Gasteiger partial charge in [-0.1, -0.05) is 11.8 Å². The lowest BCUT2D eigenvalue weighted by Crippen LogP contribution is -2.43. The van der Waals surface area contributed by atoms with Gasteiger partial charge in [0.1, 0.15) is 11.0 Å². The lowest BCUT2D eigenvalue weighted by Gasteiger charge is -2.20. The van der Waals surface area contributed by atoms with Crippen molar-refractivity contribution in [3.05, 3.63) is 29.8 Å². The molecule has 1 heterocycles. The summed E-state index contributed by atoms with van der Waals surface area (Å²) in [4.78, 5) is 34.0. The number of amides is 2. The Bertz CT molecular complexity index is 799. The fraction of sp³-hybridized carbons (Fsp3) is 0.389. The van der Waals surface area contributed by atoms with E-state index in [1.807, 2.05) is 20.8 Å². The van der Waals surface area contributed by atoms with Gasteiger partial charge in [0.2, 0.25) is 5.91 Å². The first-order valence-electron chi connectivity index (χ1n) is 8.46. The Hall–Kier alpha value is -2.88. The molecular weight excluding hydrogens is 384 g/mol. The van der Waals surface area contributed by atoms with Crippen LogP contribution in [0.5, 0.6) is 5.75 Å². The van der Waals surface area contributed by atoms with Gasteiger partial charge in [-0.15, -0.1) is 5.10 Å². The van der Waals surface area contributed by atoms with Crippen LogP contribution in [0.3, 0.4) is 0 Å². The number of benzene rings is 1. The van der Waals surface area contributed by atoms with Gasteiger partial charge in [0, 0.05) is 5.54 Å². The number of carbonyl (C=O) groups is 3. The van der Waals surface area contributed by atoms with Crippen molar-refractivity contribution >= 4 is 40.9 Å². The minimum Gasteiger partial charge on any atom is -0.484 e. The third-order valence-electron chi connectivity index (χ3n) is 3.26. The number of aliphatic carboxylic acids is 1. The van der Waals surface area contributed by atoms with Crippen LogP contribution in [0.25, 0.3) is 0 Å². The smallest absolute Gasteiger partial charge is 0.305 e. The quantitative estimate of drug-likeness (QED) is 0.463. The summed E-state index contributed by atoms with van der Waals surface area (Å²) in [5.41, 5.74) is 0.430. The predicted octanol–water partition coefficient (Wildman–Crippen LogP) is 1.38. The molecule has 0 aromatic heterocycles. The number of ether oxygens (including phenoxy) is 1. The number of rotatable bonds is 7. The van der Waals surface area contributed by atoms with Gasteiger partial charge in [0.15, 0.2) is 11.8 Å². The van der Waals surface area contributed by atoms with Gasteiger partial charge in [0.25, 0.3) is 5.91 Å². The molecular formula is C18H22N4O5S. The van der Waals surface area contributed by atoms with E-state index in [2.05, 4.69) is 20.8 Å². The van der Waals surface area contributed by atoms with Crippen LogP contribution in [0.2, 0.25) is 0 Å². The molecule has 150 valence electrons. The van der Waals surface area contributed by atoms with Crippen LogP contribution in [0.4, 0.5) is 0 Å². The molecule has 0 bridgehead atoms. The molecule has 28 heavy (non-hydrogen) atoms. The Morgan fingerprint density at radius 3 is 2.61 bits per heavy atom. The van der Waals surface area contributed by atoms with Crippen molar-refractivity contribution in [3.8, 4) is 5.75 Å². The highest BCUT2D eigenvalue weighted by molar-refractivity contribution is 8.15. The third-order valence-corrected chi connectivity index (χ3v) is 4.33. The summed E-state index contributed by atoms with van der Waals surface area (Å²) in [5, 5.41) is 21.4. The first kappa shape index (κ1) is 21.4. The van der Waals surface area contributed by atoms with E-state index in [1.54, 1.807) is 24.3 Å². The monoisotopic (exact) mass is 406 g/mol. The molecule has 1 unspecified atom stereocenters. The first-order valence-corrected chi connectivity index (χ1v) is 9.34. The van der Waals surface area contributed by atoms with Crippen LogP contribution in [-0.4, -0.2) is 51.7 Å². The largest absolute Gasteiger partial charge is 0.484 e. The molecule has 1 saturated heterocycles. The number of nitrogens with zero attached hydrogens (tertiary/aromatic N) is 2. The Labute approximate surface area is 166 Å². The normalized spacial score (nSPS) is 18.3. The highest BCUT2D eigenvalue weighted by Gasteiger charge is 2.32. The van der Waals surface area contributed by atoms with E-state index in [9.17, 15) is 14.4 Å². The van der Waals surface area contributed by atoms with E-state index in [1.165, 1.54) is 6.21 Å². The van der Waals surface area contributed by atoms with Crippen molar-refractivity contribution in [2.45, 2.75) is 38.0 Å². The molecule has 0 aliphatic carbocycles. The summed E-state index contributed by atoms with van der Waals surface area (Å²) < 4.78 is 5.43. The van der Waals surface area contributed by atoms with Crippen LogP contribution in [0.1, 0.15) is 32.8 Å². The fourth-order valence-electron chi connectivity index (χ4n) is 2.15. The lowest BCUT2D eigenvalue weighted by atomic mass is 10.1. The molecule has 1 aliphatic rings. The maximum absolute atomic E-state index is 11.7. The minimum absolute atomic E-state index is 0.0766. The van der Waals surface area contributed by atoms with Crippen molar-refractivity contribution in [2.75, 3.05) is 6.61 Å². The van der Waals surface area contributed by atoms with Gasteiger partial charge in [-0.3, -0.25) is 14.4 Å². The number of carbonyl (C=O) groups excluding carboxylic acids is 2. The van der Waals surface area contributed by atoms with E-state index >= 15 is 0 Å². The molecule has 10 heteroatoms. The number of carboxylic acids is 1. The van der Waals surface area contributed by atoms with E-state index in [0.717, 1.165) is 17.3 Å².